The highest BCUT2D eigenvalue weighted by Crippen LogP contribution is 2.18. The molecule has 1 aliphatic heterocycles. The lowest BCUT2D eigenvalue weighted by Crippen LogP contribution is -2.45. The number of likely N-dealkylation sites (N-methyl/N-ethyl adjacent to an activating group) is 1. The van der Waals surface area contributed by atoms with Gasteiger partial charge in [-0.2, -0.15) is 0 Å². The summed E-state index contributed by atoms with van der Waals surface area (Å²) < 4.78 is 13.0. The number of rotatable bonds is 6. The lowest BCUT2D eigenvalue weighted by Gasteiger charge is -2.34. The number of aliphatic imine (C=N–C) groups is 1. The largest absolute Gasteiger partial charge is 0.356 e. The minimum absolute atomic E-state index is 0. The van der Waals surface area contributed by atoms with Crippen LogP contribution in [0, 0.1) is 5.82 Å². The molecule has 0 bridgehead atoms. The number of pyridine rings is 1. The van der Waals surface area contributed by atoms with Gasteiger partial charge in [0.15, 0.2) is 5.96 Å². The van der Waals surface area contributed by atoms with Crippen LogP contribution in [0.5, 0.6) is 0 Å². The lowest BCUT2D eigenvalue weighted by atomic mass is 10.1. The van der Waals surface area contributed by atoms with Gasteiger partial charge in [-0.3, -0.25) is 4.99 Å². The van der Waals surface area contributed by atoms with Crippen molar-refractivity contribution < 1.29 is 4.39 Å². The number of nitrogens with one attached hydrogen (secondary N) is 2. The number of guanidine groups is 1. The normalized spacial score (nSPS) is 15.0. The Morgan fingerprint density at radius 1 is 1.10 bits per heavy atom. The Morgan fingerprint density at radius 3 is 2.52 bits per heavy atom. The van der Waals surface area contributed by atoms with E-state index < -0.39 is 0 Å². The number of piperazine rings is 1. The number of benzene rings is 1. The van der Waals surface area contributed by atoms with Crippen molar-refractivity contribution in [3.63, 3.8) is 0 Å². The van der Waals surface area contributed by atoms with Gasteiger partial charge >= 0.3 is 0 Å². The number of anilines is 1. The molecule has 0 spiro atoms. The maximum Gasteiger partial charge on any atom is 0.191 e. The van der Waals surface area contributed by atoms with Gasteiger partial charge in [0.2, 0.25) is 0 Å². The van der Waals surface area contributed by atoms with E-state index in [0.29, 0.717) is 6.54 Å². The molecule has 0 amide bonds. The van der Waals surface area contributed by atoms with Crippen molar-refractivity contribution >= 4 is 35.8 Å². The predicted octanol–water partition coefficient (Wildman–Crippen LogP) is 2.50. The molecule has 2 aromatic rings. The van der Waals surface area contributed by atoms with E-state index in [2.05, 4.69) is 43.5 Å². The van der Waals surface area contributed by atoms with E-state index in [1.54, 1.807) is 7.05 Å². The van der Waals surface area contributed by atoms with Crippen molar-refractivity contribution in [2.45, 2.75) is 13.0 Å². The molecule has 8 heteroatoms. The molecule has 0 saturated carbocycles. The lowest BCUT2D eigenvalue weighted by molar-refractivity contribution is 0.312. The molecule has 0 radical (unpaired) electrons. The second-order valence-electron chi connectivity index (χ2n) is 7.01. The number of hydrogen-bond donors (Lipinski definition) is 2. The van der Waals surface area contributed by atoms with Crippen LogP contribution in [0.15, 0.2) is 47.6 Å². The molecule has 2 N–H and O–H groups in total. The molecule has 1 aliphatic rings. The highest BCUT2D eigenvalue weighted by Gasteiger charge is 2.17. The summed E-state index contributed by atoms with van der Waals surface area (Å²) >= 11 is 0. The average molecular weight is 512 g/mol. The van der Waals surface area contributed by atoms with E-state index in [1.807, 2.05) is 24.4 Å². The van der Waals surface area contributed by atoms with Crippen LogP contribution in [-0.2, 0) is 13.0 Å². The average Bonchev–Trinajstić information content (AvgIpc) is 2.73. The van der Waals surface area contributed by atoms with Gasteiger partial charge in [0.1, 0.15) is 11.6 Å². The molecule has 1 fully saturated rings. The first kappa shape index (κ1) is 23.3. The maximum absolute atomic E-state index is 13.0. The SMILES string of the molecule is CN=C(NCCc1ccc(F)cc1)NCc1cccnc1N1CCN(C)CC1.I. The fourth-order valence-electron chi connectivity index (χ4n) is 3.25. The van der Waals surface area contributed by atoms with Gasteiger partial charge < -0.3 is 20.4 Å². The van der Waals surface area contributed by atoms with Crippen molar-refractivity contribution in [2.24, 2.45) is 4.99 Å². The highest BCUT2D eigenvalue weighted by atomic mass is 127. The van der Waals surface area contributed by atoms with Crippen molar-refractivity contribution in [1.29, 1.82) is 0 Å². The quantitative estimate of drug-likeness (QED) is 0.354. The van der Waals surface area contributed by atoms with E-state index in [1.165, 1.54) is 12.1 Å². The summed E-state index contributed by atoms with van der Waals surface area (Å²) in [5.41, 5.74) is 2.25. The Morgan fingerprint density at radius 2 is 1.83 bits per heavy atom. The Balaban J connectivity index is 0.00000300. The van der Waals surface area contributed by atoms with E-state index >= 15 is 0 Å². The van der Waals surface area contributed by atoms with Crippen molar-refractivity contribution in [1.82, 2.24) is 20.5 Å². The van der Waals surface area contributed by atoms with Gasteiger partial charge in [-0.05, 0) is 37.2 Å². The van der Waals surface area contributed by atoms with Crippen molar-refractivity contribution in [3.8, 4) is 0 Å². The molecule has 3 rings (SSSR count). The first-order valence-electron chi connectivity index (χ1n) is 9.72. The summed E-state index contributed by atoms with van der Waals surface area (Å²) in [6, 6.07) is 10.7. The fourth-order valence-corrected chi connectivity index (χ4v) is 3.25. The molecule has 2 heterocycles. The predicted molar refractivity (Wildman–Crippen MR) is 128 cm³/mol. The molecule has 1 aromatic carbocycles. The van der Waals surface area contributed by atoms with Crippen molar-refractivity contribution in [3.05, 3.63) is 59.5 Å². The zero-order valence-corrected chi connectivity index (χ0v) is 19.4. The zero-order valence-electron chi connectivity index (χ0n) is 17.1. The second-order valence-corrected chi connectivity index (χ2v) is 7.01. The van der Waals surface area contributed by atoms with Crippen LogP contribution >= 0.6 is 24.0 Å². The molecule has 29 heavy (non-hydrogen) atoms. The standard InChI is InChI=1S/C21H29FN6.HI/c1-23-21(25-11-9-17-5-7-19(22)8-6-17)26-16-18-4-3-10-24-20(18)28-14-12-27(2)13-15-28;/h3-8,10H,9,11-16H2,1-2H3,(H2,23,25,26);1H. The third-order valence-electron chi connectivity index (χ3n) is 4.96. The van der Waals surface area contributed by atoms with Crippen molar-refractivity contribution in [2.75, 3.05) is 51.7 Å². The first-order chi connectivity index (χ1) is 13.7. The van der Waals surface area contributed by atoms with Crippen LogP contribution in [-0.4, -0.2) is 62.7 Å². The summed E-state index contributed by atoms with van der Waals surface area (Å²) in [7, 11) is 3.91. The smallest absolute Gasteiger partial charge is 0.191 e. The fraction of sp³-hybridized carbons (Fsp3) is 0.429. The van der Waals surface area contributed by atoms with E-state index in [9.17, 15) is 4.39 Å². The van der Waals surface area contributed by atoms with Gasteiger partial charge in [-0.1, -0.05) is 18.2 Å². The molecule has 0 aliphatic carbocycles. The van der Waals surface area contributed by atoms with E-state index in [0.717, 1.165) is 62.0 Å². The Bertz CT molecular complexity index is 775. The Kier molecular flexibility index (Phi) is 9.59. The summed E-state index contributed by atoms with van der Waals surface area (Å²) in [6.45, 7) is 5.47. The van der Waals surface area contributed by atoms with Crippen LogP contribution in [0.4, 0.5) is 10.2 Å². The summed E-state index contributed by atoms with van der Waals surface area (Å²) in [4.78, 5) is 13.6. The van der Waals surface area contributed by atoms with E-state index in [4.69, 9.17) is 0 Å². The minimum atomic E-state index is -0.207. The topological polar surface area (TPSA) is 55.8 Å². The number of nitrogens with zero attached hydrogens (tertiary/aromatic N) is 4. The zero-order chi connectivity index (χ0) is 19.8. The van der Waals surface area contributed by atoms with E-state index in [-0.39, 0.29) is 29.8 Å². The summed E-state index contributed by atoms with van der Waals surface area (Å²) in [5, 5.41) is 6.68. The highest BCUT2D eigenvalue weighted by molar-refractivity contribution is 14.0. The molecule has 1 saturated heterocycles. The molecule has 1 aromatic heterocycles. The molecular formula is C21H30FIN6. The second kappa shape index (κ2) is 11.9. The van der Waals surface area contributed by atoms with Gasteiger partial charge in [-0.15, -0.1) is 24.0 Å². The summed E-state index contributed by atoms with van der Waals surface area (Å²) in [6.07, 6.45) is 2.66. The van der Waals surface area contributed by atoms with Crippen LogP contribution in [0.1, 0.15) is 11.1 Å². The molecule has 0 atom stereocenters. The molecule has 0 unspecified atom stereocenters. The number of hydrogen-bond acceptors (Lipinski definition) is 4. The first-order valence-corrected chi connectivity index (χ1v) is 9.72. The third-order valence-corrected chi connectivity index (χ3v) is 4.96. The molecule has 6 nitrogen and oxygen atoms in total. The van der Waals surface area contributed by atoms with Crippen LogP contribution in [0.3, 0.4) is 0 Å². The Labute approximate surface area is 189 Å². The van der Waals surface area contributed by atoms with Gasteiger partial charge in [0.25, 0.3) is 0 Å². The molecular weight excluding hydrogens is 482 g/mol. The number of aromatic nitrogens is 1. The minimum Gasteiger partial charge on any atom is -0.356 e. The van der Waals surface area contributed by atoms with Crippen LogP contribution in [0.25, 0.3) is 0 Å². The Hall–Kier alpha value is -1.94. The monoisotopic (exact) mass is 512 g/mol. The van der Waals surface area contributed by atoms with Gasteiger partial charge in [0, 0.05) is 58.1 Å². The summed E-state index contributed by atoms with van der Waals surface area (Å²) in [5.74, 6) is 1.59. The van der Waals surface area contributed by atoms with Crippen LogP contribution in [0.2, 0.25) is 0 Å². The maximum atomic E-state index is 13.0. The van der Waals surface area contributed by atoms with Crippen LogP contribution < -0.4 is 15.5 Å². The number of halogens is 2. The molecule has 158 valence electrons. The third kappa shape index (κ3) is 7.11. The van der Waals surface area contributed by atoms with Gasteiger partial charge in [-0.25, -0.2) is 9.37 Å². The van der Waals surface area contributed by atoms with Gasteiger partial charge in [0.05, 0.1) is 0 Å².